The lowest BCUT2D eigenvalue weighted by Gasteiger charge is -2.18. The van der Waals surface area contributed by atoms with Crippen LogP contribution in [0.3, 0.4) is 0 Å². The van der Waals surface area contributed by atoms with Gasteiger partial charge < -0.3 is 10.0 Å². The van der Waals surface area contributed by atoms with Crippen molar-refractivity contribution in [3.05, 3.63) is 47.9 Å². The van der Waals surface area contributed by atoms with Crippen LogP contribution in [0, 0.1) is 6.92 Å². The first-order chi connectivity index (χ1) is 8.59. The molecule has 5 nitrogen and oxygen atoms in total. The molecule has 92 valence electrons. The zero-order valence-corrected chi connectivity index (χ0v) is 10.2. The largest absolute Gasteiger partial charge is 0.478 e. The Kier molecular flexibility index (Phi) is 3.23. The minimum Gasteiger partial charge on any atom is -0.478 e. The third kappa shape index (κ3) is 2.29. The highest BCUT2D eigenvalue weighted by atomic mass is 16.4. The molecular weight excluding hydrogens is 230 g/mol. The van der Waals surface area contributed by atoms with Gasteiger partial charge in [-0.3, -0.25) is 4.98 Å². The molecule has 0 aliphatic heterocycles. The molecule has 2 rings (SSSR count). The third-order valence-corrected chi connectivity index (χ3v) is 2.68. The van der Waals surface area contributed by atoms with Gasteiger partial charge in [0, 0.05) is 13.2 Å². The van der Waals surface area contributed by atoms with Crippen molar-refractivity contribution in [3.8, 4) is 0 Å². The fourth-order valence-electron chi connectivity index (χ4n) is 1.65. The topological polar surface area (TPSA) is 66.3 Å². The monoisotopic (exact) mass is 243 g/mol. The molecule has 2 heterocycles. The minimum absolute atomic E-state index is 0.221. The SMILES string of the molecule is Cc1nc(N(C)c2cccnc2)ccc1C(=O)O. The van der Waals surface area contributed by atoms with Crippen molar-refractivity contribution in [2.75, 3.05) is 11.9 Å². The highest BCUT2D eigenvalue weighted by molar-refractivity contribution is 5.89. The van der Waals surface area contributed by atoms with Gasteiger partial charge in [0.25, 0.3) is 0 Å². The van der Waals surface area contributed by atoms with Crippen LogP contribution in [-0.4, -0.2) is 28.1 Å². The van der Waals surface area contributed by atoms with Crippen LogP contribution in [0.25, 0.3) is 0 Å². The predicted octanol–water partition coefficient (Wildman–Crippen LogP) is 2.25. The lowest BCUT2D eigenvalue weighted by molar-refractivity contribution is 0.0695. The number of hydrogen-bond acceptors (Lipinski definition) is 4. The van der Waals surface area contributed by atoms with Crippen LogP contribution in [-0.2, 0) is 0 Å². The van der Waals surface area contributed by atoms with E-state index in [2.05, 4.69) is 9.97 Å². The van der Waals surface area contributed by atoms with E-state index in [9.17, 15) is 4.79 Å². The van der Waals surface area contributed by atoms with Gasteiger partial charge in [0.1, 0.15) is 5.82 Å². The molecule has 0 unspecified atom stereocenters. The molecule has 0 aromatic carbocycles. The van der Waals surface area contributed by atoms with E-state index < -0.39 is 5.97 Å². The first-order valence-corrected chi connectivity index (χ1v) is 5.44. The van der Waals surface area contributed by atoms with Gasteiger partial charge in [-0.25, -0.2) is 9.78 Å². The average Bonchev–Trinajstić information content (AvgIpc) is 2.38. The molecule has 0 aliphatic carbocycles. The number of carbonyl (C=O) groups is 1. The van der Waals surface area contributed by atoms with Crippen LogP contribution in [0.2, 0.25) is 0 Å². The molecule has 0 bridgehead atoms. The number of anilines is 2. The summed E-state index contributed by atoms with van der Waals surface area (Å²) in [6.07, 6.45) is 3.42. The van der Waals surface area contributed by atoms with E-state index in [-0.39, 0.29) is 5.56 Å². The maximum absolute atomic E-state index is 10.9. The van der Waals surface area contributed by atoms with Gasteiger partial charge in [0.15, 0.2) is 0 Å². The van der Waals surface area contributed by atoms with E-state index >= 15 is 0 Å². The van der Waals surface area contributed by atoms with Gasteiger partial charge in [-0.05, 0) is 31.2 Å². The molecule has 5 heteroatoms. The molecule has 0 spiro atoms. The van der Waals surface area contributed by atoms with Gasteiger partial charge >= 0.3 is 5.97 Å². The number of hydrogen-bond donors (Lipinski definition) is 1. The fourth-order valence-corrected chi connectivity index (χ4v) is 1.65. The average molecular weight is 243 g/mol. The normalized spacial score (nSPS) is 10.1. The quantitative estimate of drug-likeness (QED) is 0.895. The maximum atomic E-state index is 10.9. The van der Waals surface area contributed by atoms with E-state index in [0.29, 0.717) is 11.5 Å². The Bertz CT molecular complexity index is 570. The first kappa shape index (κ1) is 12.0. The van der Waals surface area contributed by atoms with Gasteiger partial charge in [-0.15, -0.1) is 0 Å². The highest BCUT2D eigenvalue weighted by Gasteiger charge is 2.11. The van der Waals surface area contributed by atoms with Gasteiger partial charge in [0.05, 0.1) is 23.1 Å². The van der Waals surface area contributed by atoms with Crippen molar-refractivity contribution in [2.24, 2.45) is 0 Å². The second kappa shape index (κ2) is 4.83. The summed E-state index contributed by atoms with van der Waals surface area (Å²) in [6, 6.07) is 7.00. The summed E-state index contributed by atoms with van der Waals surface area (Å²) in [5.74, 6) is -0.277. The predicted molar refractivity (Wildman–Crippen MR) is 68.2 cm³/mol. The summed E-state index contributed by atoms with van der Waals surface area (Å²) in [5, 5.41) is 8.95. The molecular formula is C13H13N3O2. The van der Waals surface area contributed by atoms with Gasteiger partial charge in [0.2, 0.25) is 0 Å². The van der Waals surface area contributed by atoms with Crippen molar-refractivity contribution >= 4 is 17.5 Å². The molecule has 0 atom stereocenters. The van der Waals surface area contributed by atoms with E-state index in [1.165, 1.54) is 0 Å². The third-order valence-electron chi connectivity index (χ3n) is 2.68. The molecule has 2 aromatic heterocycles. The molecule has 0 radical (unpaired) electrons. The van der Waals surface area contributed by atoms with Crippen LogP contribution in [0.5, 0.6) is 0 Å². The van der Waals surface area contributed by atoms with Gasteiger partial charge in [-0.1, -0.05) is 0 Å². The summed E-state index contributed by atoms with van der Waals surface area (Å²) in [4.78, 5) is 21.1. The molecule has 0 aliphatic rings. The fraction of sp³-hybridized carbons (Fsp3) is 0.154. The molecule has 0 fully saturated rings. The lowest BCUT2D eigenvalue weighted by Crippen LogP contribution is -2.13. The number of nitrogens with zero attached hydrogens (tertiary/aromatic N) is 3. The number of pyridine rings is 2. The summed E-state index contributed by atoms with van der Waals surface area (Å²) in [6.45, 7) is 1.68. The van der Waals surface area contributed by atoms with Crippen molar-refractivity contribution in [1.29, 1.82) is 0 Å². The van der Waals surface area contributed by atoms with E-state index in [4.69, 9.17) is 5.11 Å². The first-order valence-electron chi connectivity index (χ1n) is 5.44. The van der Waals surface area contributed by atoms with E-state index in [1.54, 1.807) is 31.5 Å². The number of carboxylic acids is 1. The van der Waals surface area contributed by atoms with Crippen LogP contribution in [0.15, 0.2) is 36.7 Å². The molecule has 0 saturated heterocycles. The zero-order valence-electron chi connectivity index (χ0n) is 10.2. The Labute approximate surface area is 105 Å². The van der Waals surface area contributed by atoms with Crippen LogP contribution >= 0.6 is 0 Å². The Hall–Kier alpha value is -2.43. The van der Waals surface area contributed by atoms with Crippen molar-refractivity contribution in [3.63, 3.8) is 0 Å². The van der Waals surface area contributed by atoms with Crippen molar-refractivity contribution in [1.82, 2.24) is 9.97 Å². The number of rotatable bonds is 3. The molecule has 1 N–H and O–H groups in total. The molecule has 0 amide bonds. The number of carboxylic acid groups (broad SMARTS) is 1. The van der Waals surface area contributed by atoms with Crippen LogP contribution in [0.1, 0.15) is 16.1 Å². The Morgan fingerprint density at radius 1 is 1.33 bits per heavy atom. The zero-order chi connectivity index (χ0) is 13.1. The Morgan fingerprint density at radius 3 is 2.67 bits per heavy atom. The van der Waals surface area contributed by atoms with E-state index in [0.717, 1.165) is 5.69 Å². The number of aromatic carboxylic acids is 1. The summed E-state index contributed by atoms with van der Waals surface area (Å²) >= 11 is 0. The molecule has 2 aromatic rings. The van der Waals surface area contributed by atoms with E-state index in [1.807, 2.05) is 24.1 Å². The van der Waals surface area contributed by atoms with Crippen LogP contribution in [0.4, 0.5) is 11.5 Å². The standard InChI is InChI=1S/C13H13N3O2/c1-9-11(13(17)18)5-6-12(15-9)16(2)10-4-3-7-14-8-10/h3-8H,1-2H3,(H,17,18). The van der Waals surface area contributed by atoms with Crippen molar-refractivity contribution < 1.29 is 9.90 Å². The Balaban J connectivity index is 2.35. The lowest BCUT2D eigenvalue weighted by atomic mass is 10.2. The van der Waals surface area contributed by atoms with Crippen LogP contribution < -0.4 is 4.90 Å². The molecule has 0 saturated carbocycles. The maximum Gasteiger partial charge on any atom is 0.337 e. The summed E-state index contributed by atoms with van der Waals surface area (Å²) < 4.78 is 0. The minimum atomic E-state index is -0.962. The Morgan fingerprint density at radius 2 is 2.11 bits per heavy atom. The van der Waals surface area contributed by atoms with Gasteiger partial charge in [-0.2, -0.15) is 0 Å². The summed E-state index contributed by atoms with van der Waals surface area (Å²) in [7, 11) is 1.86. The highest BCUT2D eigenvalue weighted by Crippen LogP contribution is 2.21. The second-order valence-electron chi connectivity index (χ2n) is 3.88. The van der Waals surface area contributed by atoms with Crippen molar-refractivity contribution in [2.45, 2.75) is 6.92 Å². The summed E-state index contributed by atoms with van der Waals surface area (Å²) in [5.41, 5.74) is 1.61. The second-order valence-corrected chi connectivity index (χ2v) is 3.88. The number of aryl methyl sites for hydroxylation is 1. The molecule has 18 heavy (non-hydrogen) atoms. The smallest absolute Gasteiger partial charge is 0.337 e. The number of aromatic nitrogens is 2.